The fourth-order valence-electron chi connectivity index (χ4n) is 1.97. The molecule has 0 aliphatic carbocycles. The van der Waals surface area contributed by atoms with Gasteiger partial charge in [-0.2, -0.15) is 0 Å². The standard InChI is InChI=1S/C17H15Cl2FN2O2/c18-14-6-3-12(10-15(14)19)17(24)22-8-7-21-16(23)9-11-1-4-13(20)5-2-11/h1-6,10H,7-9H2,(H,21,23)(H,22,24). The SMILES string of the molecule is O=C(Cc1ccc(F)cc1)NCCNC(=O)c1ccc(Cl)c(Cl)c1. The van der Waals surface area contributed by atoms with Crippen LogP contribution in [0.3, 0.4) is 0 Å². The fourth-order valence-corrected chi connectivity index (χ4v) is 2.27. The van der Waals surface area contributed by atoms with Crippen LogP contribution in [0.4, 0.5) is 4.39 Å². The topological polar surface area (TPSA) is 58.2 Å². The van der Waals surface area contributed by atoms with E-state index in [1.54, 1.807) is 24.3 Å². The van der Waals surface area contributed by atoms with Gasteiger partial charge in [0.1, 0.15) is 5.82 Å². The highest BCUT2D eigenvalue weighted by Gasteiger charge is 2.08. The predicted molar refractivity (Wildman–Crippen MR) is 91.9 cm³/mol. The number of amides is 2. The zero-order valence-electron chi connectivity index (χ0n) is 12.6. The lowest BCUT2D eigenvalue weighted by Crippen LogP contribution is -2.35. The van der Waals surface area contributed by atoms with Crippen molar-refractivity contribution < 1.29 is 14.0 Å². The maximum absolute atomic E-state index is 12.8. The Morgan fingerprint density at radius 1 is 0.917 bits per heavy atom. The van der Waals surface area contributed by atoms with Gasteiger partial charge in [0.15, 0.2) is 0 Å². The molecule has 4 nitrogen and oxygen atoms in total. The molecule has 0 aliphatic heterocycles. The van der Waals surface area contributed by atoms with Crippen LogP contribution in [0.5, 0.6) is 0 Å². The van der Waals surface area contributed by atoms with Gasteiger partial charge in [0.05, 0.1) is 16.5 Å². The lowest BCUT2D eigenvalue weighted by atomic mass is 10.1. The zero-order chi connectivity index (χ0) is 17.5. The molecule has 0 fully saturated rings. The number of nitrogens with one attached hydrogen (secondary N) is 2. The third-order valence-corrected chi connectivity index (χ3v) is 3.93. The largest absolute Gasteiger partial charge is 0.354 e. The van der Waals surface area contributed by atoms with Crippen LogP contribution in [0, 0.1) is 5.82 Å². The summed E-state index contributed by atoms with van der Waals surface area (Å²) in [7, 11) is 0. The van der Waals surface area contributed by atoms with Crippen LogP contribution >= 0.6 is 23.2 Å². The molecule has 0 saturated carbocycles. The number of hydrogen-bond donors (Lipinski definition) is 2. The highest BCUT2D eigenvalue weighted by atomic mass is 35.5. The van der Waals surface area contributed by atoms with Crippen LogP contribution in [-0.4, -0.2) is 24.9 Å². The molecule has 2 amide bonds. The van der Waals surface area contributed by atoms with E-state index in [0.29, 0.717) is 21.2 Å². The van der Waals surface area contributed by atoms with E-state index < -0.39 is 0 Å². The van der Waals surface area contributed by atoms with Gasteiger partial charge in [-0.1, -0.05) is 35.3 Å². The van der Waals surface area contributed by atoms with Crippen molar-refractivity contribution in [2.24, 2.45) is 0 Å². The van der Waals surface area contributed by atoms with Gasteiger partial charge in [0.25, 0.3) is 5.91 Å². The Hall–Kier alpha value is -2.11. The minimum Gasteiger partial charge on any atom is -0.354 e. The Kier molecular flexibility index (Phi) is 6.58. The van der Waals surface area contributed by atoms with Gasteiger partial charge in [-0.15, -0.1) is 0 Å². The summed E-state index contributed by atoms with van der Waals surface area (Å²) in [4.78, 5) is 23.7. The number of halogens is 3. The smallest absolute Gasteiger partial charge is 0.251 e. The minimum absolute atomic E-state index is 0.154. The van der Waals surface area contributed by atoms with Gasteiger partial charge in [0, 0.05) is 18.7 Å². The average molecular weight is 369 g/mol. The summed E-state index contributed by atoms with van der Waals surface area (Å²) < 4.78 is 12.8. The van der Waals surface area contributed by atoms with Crippen molar-refractivity contribution in [3.05, 3.63) is 69.5 Å². The van der Waals surface area contributed by atoms with E-state index in [4.69, 9.17) is 23.2 Å². The number of carbonyl (C=O) groups is 2. The first-order valence-corrected chi connectivity index (χ1v) is 7.95. The van der Waals surface area contributed by atoms with Gasteiger partial charge < -0.3 is 10.6 Å². The lowest BCUT2D eigenvalue weighted by Gasteiger charge is -2.08. The predicted octanol–water partition coefficient (Wildman–Crippen LogP) is 3.22. The summed E-state index contributed by atoms with van der Waals surface area (Å²) in [5.74, 6) is -0.851. The van der Waals surface area contributed by atoms with Crippen molar-refractivity contribution in [1.29, 1.82) is 0 Å². The summed E-state index contributed by atoms with van der Waals surface area (Å²) in [6, 6.07) is 10.3. The van der Waals surface area contributed by atoms with Gasteiger partial charge in [-0.3, -0.25) is 9.59 Å². The highest BCUT2D eigenvalue weighted by molar-refractivity contribution is 6.42. The van der Waals surface area contributed by atoms with E-state index in [1.165, 1.54) is 18.2 Å². The summed E-state index contributed by atoms with van der Waals surface area (Å²) in [6.07, 6.45) is 0.154. The molecule has 0 radical (unpaired) electrons. The molecule has 0 aliphatic rings. The Bertz CT molecular complexity index is 736. The molecule has 24 heavy (non-hydrogen) atoms. The van der Waals surface area contributed by atoms with Crippen LogP contribution in [0.2, 0.25) is 10.0 Å². The van der Waals surface area contributed by atoms with Crippen LogP contribution in [0.25, 0.3) is 0 Å². The second-order valence-corrected chi connectivity index (χ2v) is 5.85. The number of benzene rings is 2. The molecule has 7 heteroatoms. The molecule has 2 N–H and O–H groups in total. The number of rotatable bonds is 6. The first kappa shape index (κ1) is 18.2. The maximum Gasteiger partial charge on any atom is 0.251 e. The van der Waals surface area contributed by atoms with Gasteiger partial charge in [0.2, 0.25) is 5.91 Å². The van der Waals surface area contributed by atoms with E-state index >= 15 is 0 Å². The van der Waals surface area contributed by atoms with Crippen molar-refractivity contribution >= 4 is 35.0 Å². The molecule has 0 saturated heterocycles. The van der Waals surface area contributed by atoms with Gasteiger partial charge in [-0.05, 0) is 35.9 Å². The molecule has 0 unspecified atom stereocenters. The van der Waals surface area contributed by atoms with E-state index in [0.717, 1.165) is 0 Å². The molecule has 0 atom stereocenters. The third kappa shape index (κ3) is 5.51. The van der Waals surface area contributed by atoms with Crippen molar-refractivity contribution in [2.75, 3.05) is 13.1 Å². The van der Waals surface area contributed by atoms with E-state index in [2.05, 4.69) is 10.6 Å². The Labute approximate surface area is 149 Å². The molecule has 0 spiro atoms. The molecule has 0 bridgehead atoms. The zero-order valence-corrected chi connectivity index (χ0v) is 14.1. The maximum atomic E-state index is 12.8. The molecule has 126 valence electrons. The first-order valence-electron chi connectivity index (χ1n) is 7.20. The van der Waals surface area contributed by atoms with Gasteiger partial charge >= 0.3 is 0 Å². The Morgan fingerprint density at radius 3 is 2.25 bits per heavy atom. The molecule has 2 rings (SSSR count). The number of hydrogen-bond acceptors (Lipinski definition) is 2. The minimum atomic E-state index is -0.343. The molecular formula is C17H15Cl2FN2O2. The van der Waals surface area contributed by atoms with E-state index in [9.17, 15) is 14.0 Å². The summed E-state index contributed by atoms with van der Waals surface area (Å²) in [6.45, 7) is 0.557. The Morgan fingerprint density at radius 2 is 1.58 bits per heavy atom. The summed E-state index contributed by atoms with van der Waals surface area (Å²) >= 11 is 11.6. The summed E-state index contributed by atoms with van der Waals surface area (Å²) in [5, 5.41) is 6.02. The van der Waals surface area contributed by atoms with Crippen molar-refractivity contribution in [2.45, 2.75) is 6.42 Å². The van der Waals surface area contributed by atoms with Crippen LogP contribution < -0.4 is 10.6 Å². The fraction of sp³-hybridized carbons (Fsp3) is 0.176. The normalized spacial score (nSPS) is 10.3. The second-order valence-electron chi connectivity index (χ2n) is 5.04. The monoisotopic (exact) mass is 368 g/mol. The molecule has 0 heterocycles. The molecule has 0 aromatic heterocycles. The second kappa shape index (κ2) is 8.66. The molecular weight excluding hydrogens is 354 g/mol. The number of carbonyl (C=O) groups excluding carboxylic acids is 2. The van der Waals surface area contributed by atoms with Crippen molar-refractivity contribution in [3.8, 4) is 0 Å². The van der Waals surface area contributed by atoms with Crippen LogP contribution in [0.1, 0.15) is 15.9 Å². The van der Waals surface area contributed by atoms with Gasteiger partial charge in [-0.25, -0.2) is 4.39 Å². The Balaban J connectivity index is 1.72. The third-order valence-electron chi connectivity index (χ3n) is 3.19. The van der Waals surface area contributed by atoms with Crippen molar-refractivity contribution in [1.82, 2.24) is 10.6 Å². The summed E-state index contributed by atoms with van der Waals surface area (Å²) in [5.41, 5.74) is 1.11. The van der Waals surface area contributed by atoms with E-state index in [-0.39, 0.29) is 37.1 Å². The highest BCUT2D eigenvalue weighted by Crippen LogP contribution is 2.22. The molecule has 2 aromatic rings. The average Bonchev–Trinajstić information content (AvgIpc) is 2.56. The van der Waals surface area contributed by atoms with Crippen molar-refractivity contribution in [3.63, 3.8) is 0 Å². The van der Waals surface area contributed by atoms with Crippen LogP contribution in [-0.2, 0) is 11.2 Å². The quantitative estimate of drug-likeness (QED) is 0.769. The first-order chi connectivity index (χ1) is 11.5. The van der Waals surface area contributed by atoms with Crippen LogP contribution in [0.15, 0.2) is 42.5 Å². The lowest BCUT2D eigenvalue weighted by molar-refractivity contribution is -0.120. The molecule has 2 aromatic carbocycles. The van der Waals surface area contributed by atoms with E-state index in [1.807, 2.05) is 0 Å².